The highest BCUT2D eigenvalue weighted by molar-refractivity contribution is 6.26. The van der Waals surface area contributed by atoms with Crippen LogP contribution in [-0.4, -0.2) is 5.71 Å². The number of anilines is 1. The number of benzene rings is 3. The first-order chi connectivity index (χ1) is 12.8. The number of nitrogens with zero attached hydrogens (tertiary/aromatic N) is 2. The van der Waals surface area contributed by atoms with Crippen molar-refractivity contribution in [2.24, 2.45) is 4.99 Å². The molecule has 124 valence electrons. The number of nitriles is 1. The van der Waals surface area contributed by atoms with E-state index in [1.165, 1.54) is 0 Å². The third-order valence-electron chi connectivity index (χ3n) is 4.38. The zero-order chi connectivity index (χ0) is 17.9. The molecule has 0 aromatic heterocycles. The van der Waals surface area contributed by atoms with E-state index < -0.39 is 0 Å². The second kappa shape index (κ2) is 6.70. The van der Waals surface area contributed by atoms with E-state index in [2.05, 4.69) is 11.4 Å². The van der Waals surface area contributed by atoms with Gasteiger partial charge in [-0.2, -0.15) is 5.26 Å². The smallest absolute Gasteiger partial charge is 0.102 e. The minimum Gasteiger partial charge on any atom is -0.352 e. The summed E-state index contributed by atoms with van der Waals surface area (Å²) in [5.41, 5.74) is 7.02. The van der Waals surface area contributed by atoms with E-state index in [-0.39, 0.29) is 0 Å². The Morgan fingerprint density at radius 2 is 1.58 bits per heavy atom. The summed E-state index contributed by atoms with van der Waals surface area (Å²) in [6.07, 6.45) is 0. The van der Waals surface area contributed by atoms with E-state index in [9.17, 15) is 5.26 Å². The first kappa shape index (κ1) is 15.9. The van der Waals surface area contributed by atoms with Crippen LogP contribution in [0.1, 0.15) is 16.7 Å². The van der Waals surface area contributed by atoms with E-state index in [1.807, 2.05) is 85.8 Å². The molecule has 3 aromatic rings. The van der Waals surface area contributed by atoms with Crippen molar-refractivity contribution in [1.29, 1.82) is 5.26 Å². The van der Waals surface area contributed by atoms with Gasteiger partial charge in [-0.1, -0.05) is 66.2 Å². The maximum atomic E-state index is 9.87. The number of nitrogens with one attached hydrogen (secondary N) is 1. The van der Waals surface area contributed by atoms with Gasteiger partial charge in [-0.15, -0.1) is 0 Å². The maximum absolute atomic E-state index is 9.87. The van der Waals surface area contributed by atoms with Crippen molar-refractivity contribution in [3.8, 4) is 6.07 Å². The SMILES string of the molecule is Cc1ccc(/C(C#N)=C2\Nc3ccccc3C2=Nc2ccccc2)cc1. The Morgan fingerprint density at radius 3 is 2.31 bits per heavy atom. The summed E-state index contributed by atoms with van der Waals surface area (Å²) in [6.45, 7) is 2.04. The first-order valence-electron chi connectivity index (χ1n) is 8.48. The van der Waals surface area contributed by atoms with Crippen molar-refractivity contribution < 1.29 is 0 Å². The fourth-order valence-corrected chi connectivity index (χ4v) is 3.04. The summed E-state index contributed by atoms with van der Waals surface area (Å²) in [6, 6.07) is 28.2. The predicted octanol–water partition coefficient (Wildman–Crippen LogP) is 5.48. The summed E-state index contributed by atoms with van der Waals surface area (Å²) in [5.74, 6) is 0. The van der Waals surface area contributed by atoms with Crippen molar-refractivity contribution in [2.75, 3.05) is 5.32 Å². The highest BCUT2D eigenvalue weighted by atomic mass is 15.0. The third-order valence-corrected chi connectivity index (χ3v) is 4.38. The Kier molecular flexibility index (Phi) is 4.09. The van der Waals surface area contributed by atoms with Crippen LogP contribution in [0.25, 0.3) is 5.57 Å². The Bertz CT molecular complexity index is 1050. The molecule has 0 radical (unpaired) electrons. The van der Waals surface area contributed by atoms with Crippen LogP contribution < -0.4 is 5.32 Å². The van der Waals surface area contributed by atoms with Crippen molar-refractivity contribution in [1.82, 2.24) is 0 Å². The van der Waals surface area contributed by atoms with Crippen molar-refractivity contribution in [2.45, 2.75) is 6.92 Å². The van der Waals surface area contributed by atoms with Gasteiger partial charge in [-0.3, -0.25) is 0 Å². The van der Waals surface area contributed by atoms with Gasteiger partial charge in [0.2, 0.25) is 0 Å². The Hall–Kier alpha value is -3.64. The molecule has 3 nitrogen and oxygen atoms in total. The van der Waals surface area contributed by atoms with Gasteiger partial charge in [-0.05, 0) is 30.7 Å². The molecule has 0 unspecified atom stereocenters. The van der Waals surface area contributed by atoms with Crippen molar-refractivity contribution in [3.63, 3.8) is 0 Å². The van der Waals surface area contributed by atoms with Crippen LogP contribution in [0.15, 0.2) is 89.6 Å². The van der Waals surface area contributed by atoms with Crippen LogP contribution in [0.2, 0.25) is 0 Å². The summed E-state index contributed by atoms with van der Waals surface area (Å²) < 4.78 is 0. The van der Waals surface area contributed by atoms with E-state index in [1.54, 1.807) is 0 Å². The number of aryl methyl sites for hydroxylation is 1. The van der Waals surface area contributed by atoms with Gasteiger partial charge < -0.3 is 5.32 Å². The zero-order valence-electron chi connectivity index (χ0n) is 14.4. The van der Waals surface area contributed by atoms with E-state index >= 15 is 0 Å². The van der Waals surface area contributed by atoms with Gasteiger partial charge in [0.15, 0.2) is 0 Å². The van der Waals surface area contributed by atoms with Crippen LogP contribution in [0.4, 0.5) is 11.4 Å². The molecule has 1 heterocycles. The second-order valence-corrected chi connectivity index (χ2v) is 6.19. The number of rotatable bonds is 2. The molecule has 0 bridgehead atoms. The first-order valence-corrected chi connectivity index (χ1v) is 8.48. The lowest BCUT2D eigenvalue weighted by atomic mass is 10.0. The van der Waals surface area contributed by atoms with E-state index in [0.717, 1.165) is 39.5 Å². The highest BCUT2D eigenvalue weighted by Crippen LogP contribution is 2.34. The van der Waals surface area contributed by atoms with Gasteiger partial charge >= 0.3 is 0 Å². The lowest BCUT2D eigenvalue weighted by Gasteiger charge is -2.07. The Balaban J connectivity index is 1.93. The van der Waals surface area contributed by atoms with Gasteiger partial charge in [0.05, 0.1) is 22.7 Å². The van der Waals surface area contributed by atoms with Gasteiger partial charge in [0.25, 0.3) is 0 Å². The third kappa shape index (κ3) is 2.89. The standard InChI is InChI=1S/C23H17N3/c1-16-11-13-17(14-12-16)20(15-24)23-22(25-18-7-3-2-4-8-18)19-9-5-6-10-21(19)26-23/h2-14,26H,1H3/b23-20-,25-22?. The number of hydrogen-bond acceptors (Lipinski definition) is 3. The summed E-state index contributed by atoms with van der Waals surface area (Å²) >= 11 is 0. The fourth-order valence-electron chi connectivity index (χ4n) is 3.04. The molecular formula is C23H17N3. The minimum absolute atomic E-state index is 0.593. The number of hydrogen-bond donors (Lipinski definition) is 1. The minimum atomic E-state index is 0.593. The zero-order valence-corrected chi connectivity index (χ0v) is 14.4. The molecule has 0 atom stereocenters. The summed E-state index contributed by atoms with van der Waals surface area (Å²) in [7, 11) is 0. The molecular weight excluding hydrogens is 318 g/mol. The number of allylic oxidation sites excluding steroid dienone is 2. The number of fused-ring (bicyclic) bond motifs is 1. The average Bonchev–Trinajstić information content (AvgIpc) is 3.03. The van der Waals surface area contributed by atoms with Gasteiger partial charge in [0.1, 0.15) is 6.07 Å². The molecule has 1 aliphatic heterocycles. The summed E-state index contributed by atoms with van der Waals surface area (Å²) in [5, 5.41) is 13.3. The normalized spacial score (nSPS) is 15.9. The molecule has 3 heteroatoms. The van der Waals surface area contributed by atoms with Crippen molar-refractivity contribution in [3.05, 3.63) is 101 Å². The molecule has 0 spiro atoms. The molecule has 1 aliphatic rings. The monoisotopic (exact) mass is 335 g/mol. The molecule has 3 aromatic carbocycles. The highest BCUT2D eigenvalue weighted by Gasteiger charge is 2.26. The van der Waals surface area contributed by atoms with Gasteiger partial charge in [0, 0.05) is 11.3 Å². The molecule has 1 N–H and O–H groups in total. The average molecular weight is 335 g/mol. The molecule has 0 fully saturated rings. The molecule has 0 amide bonds. The maximum Gasteiger partial charge on any atom is 0.102 e. The molecule has 26 heavy (non-hydrogen) atoms. The Labute approximate surface area is 153 Å². The molecule has 0 aliphatic carbocycles. The lowest BCUT2D eigenvalue weighted by molar-refractivity contribution is 1.44. The van der Waals surface area contributed by atoms with Gasteiger partial charge in [-0.25, -0.2) is 4.99 Å². The molecule has 0 saturated heterocycles. The quantitative estimate of drug-likeness (QED) is 0.631. The summed E-state index contributed by atoms with van der Waals surface area (Å²) in [4.78, 5) is 4.84. The number of para-hydroxylation sites is 2. The molecule has 4 rings (SSSR count). The largest absolute Gasteiger partial charge is 0.352 e. The topological polar surface area (TPSA) is 48.2 Å². The number of aliphatic imine (C=N–C) groups is 1. The predicted molar refractivity (Wildman–Crippen MR) is 106 cm³/mol. The Morgan fingerprint density at radius 1 is 0.885 bits per heavy atom. The van der Waals surface area contributed by atoms with Crippen LogP contribution in [0.3, 0.4) is 0 Å². The van der Waals surface area contributed by atoms with Crippen LogP contribution >= 0.6 is 0 Å². The van der Waals surface area contributed by atoms with Crippen LogP contribution in [0.5, 0.6) is 0 Å². The lowest BCUT2D eigenvalue weighted by Crippen LogP contribution is -2.05. The van der Waals surface area contributed by atoms with Crippen LogP contribution in [-0.2, 0) is 0 Å². The molecule has 0 saturated carbocycles. The fraction of sp³-hybridized carbons (Fsp3) is 0.0435. The van der Waals surface area contributed by atoms with Crippen molar-refractivity contribution >= 4 is 22.7 Å². The van der Waals surface area contributed by atoms with Crippen LogP contribution in [0, 0.1) is 18.3 Å². The second-order valence-electron chi connectivity index (χ2n) is 6.19. The van der Waals surface area contributed by atoms with E-state index in [4.69, 9.17) is 4.99 Å². The van der Waals surface area contributed by atoms with E-state index in [0.29, 0.717) is 5.57 Å².